The molecule has 0 saturated heterocycles. The number of benzene rings is 2. The molecule has 0 radical (unpaired) electrons. The number of aromatic nitrogens is 4. The first-order chi connectivity index (χ1) is 17.8. The summed E-state index contributed by atoms with van der Waals surface area (Å²) in [5.74, 6) is 1.41. The quantitative estimate of drug-likeness (QED) is 0.224. The second kappa shape index (κ2) is 10.8. The molecule has 1 N–H and O–H groups in total. The average molecular weight is 559 g/mol. The summed E-state index contributed by atoms with van der Waals surface area (Å²) in [5.41, 5.74) is 2.67. The fourth-order valence-electron chi connectivity index (χ4n) is 3.82. The fourth-order valence-corrected chi connectivity index (χ4v) is 4.81. The van der Waals surface area contributed by atoms with Crippen LogP contribution in [0.4, 0.5) is 0 Å². The van der Waals surface area contributed by atoms with Crippen molar-refractivity contribution < 1.29 is 19.4 Å². The summed E-state index contributed by atoms with van der Waals surface area (Å²) < 4.78 is 13.9. The highest BCUT2D eigenvalue weighted by Gasteiger charge is 2.41. The maximum Gasteiger partial charge on any atom is 0.313 e. The maximum atomic E-state index is 10.7. The van der Waals surface area contributed by atoms with Crippen molar-refractivity contribution in [1.82, 2.24) is 19.5 Å². The first-order valence-electron chi connectivity index (χ1n) is 11.7. The van der Waals surface area contributed by atoms with Gasteiger partial charge in [-0.05, 0) is 55.7 Å². The van der Waals surface area contributed by atoms with Gasteiger partial charge in [0.25, 0.3) is 0 Å². The van der Waals surface area contributed by atoms with Crippen LogP contribution in [0.3, 0.4) is 0 Å². The Morgan fingerprint density at radius 3 is 2.76 bits per heavy atom. The SMILES string of the molecule is CC1(Oc2ncnc3c2nc(-c2ccc(OCCSCC(=O)O)cc2Cl)n3Cc2cccc(Cl)c2)CC1. The Kier molecular flexibility index (Phi) is 7.46. The Balaban J connectivity index is 1.49. The highest BCUT2D eigenvalue weighted by Crippen LogP contribution is 2.41. The molecule has 2 aromatic heterocycles. The van der Waals surface area contributed by atoms with Crippen LogP contribution in [0.5, 0.6) is 11.6 Å². The molecule has 2 aromatic carbocycles. The number of ether oxygens (including phenoxy) is 2. The Labute approximate surface area is 227 Å². The molecule has 0 atom stereocenters. The van der Waals surface area contributed by atoms with Crippen molar-refractivity contribution in [3.63, 3.8) is 0 Å². The van der Waals surface area contributed by atoms with Crippen molar-refractivity contribution >= 4 is 52.1 Å². The average Bonchev–Trinajstić information content (AvgIpc) is 3.47. The number of imidazole rings is 1. The Hall–Kier alpha value is -3.01. The zero-order chi connectivity index (χ0) is 26.0. The van der Waals surface area contributed by atoms with Crippen LogP contribution < -0.4 is 9.47 Å². The van der Waals surface area contributed by atoms with Crippen LogP contribution in [0, 0.1) is 0 Å². The third kappa shape index (κ3) is 6.11. The number of hydrogen-bond donors (Lipinski definition) is 1. The molecule has 5 rings (SSSR count). The van der Waals surface area contributed by atoms with Gasteiger partial charge in [0, 0.05) is 16.3 Å². The molecule has 1 fully saturated rings. The molecule has 8 nitrogen and oxygen atoms in total. The van der Waals surface area contributed by atoms with E-state index in [1.807, 2.05) is 41.0 Å². The van der Waals surface area contributed by atoms with Crippen LogP contribution >= 0.6 is 35.0 Å². The predicted octanol–water partition coefficient (Wildman–Crippen LogP) is 5.98. The lowest BCUT2D eigenvalue weighted by Gasteiger charge is -2.12. The minimum atomic E-state index is -0.845. The largest absolute Gasteiger partial charge is 0.493 e. The molecule has 0 unspecified atom stereocenters. The van der Waals surface area contributed by atoms with Gasteiger partial charge in [-0.3, -0.25) is 4.79 Å². The Morgan fingerprint density at radius 1 is 1.19 bits per heavy atom. The standard InChI is InChI=1S/C26H24Cl2N4O4S/c1-26(7-8-26)36-25-22-24(29-15-30-25)32(13-16-3-2-4-17(27)11-16)23(31-22)19-6-5-18(12-20(19)28)35-9-10-37-14-21(33)34/h2-6,11-12,15H,7-10,13-14H2,1H3,(H,33,34). The van der Waals surface area contributed by atoms with Crippen LogP contribution in [-0.2, 0) is 11.3 Å². The molecule has 0 bridgehead atoms. The van der Waals surface area contributed by atoms with Crippen molar-refractivity contribution in [2.24, 2.45) is 0 Å². The van der Waals surface area contributed by atoms with Crippen LogP contribution in [0.25, 0.3) is 22.6 Å². The van der Waals surface area contributed by atoms with Gasteiger partial charge in [-0.2, -0.15) is 4.98 Å². The highest BCUT2D eigenvalue weighted by atomic mass is 35.5. The molecule has 1 saturated carbocycles. The van der Waals surface area contributed by atoms with Crippen LogP contribution in [0.1, 0.15) is 25.3 Å². The third-order valence-corrected chi connectivity index (χ3v) is 7.38. The molecule has 0 spiro atoms. The minimum Gasteiger partial charge on any atom is -0.493 e. The smallest absolute Gasteiger partial charge is 0.313 e. The second-order valence-corrected chi connectivity index (χ2v) is 10.9. The topological polar surface area (TPSA) is 99.4 Å². The van der Waals surface area contributed by atoms with E-state index in [2.05, 4.69) is 16.9 Å². The van der Waals surface area contributed by atoms with Gasteiger partial charge < -0.3 is 19.1 Å². The molecule has 37 heavy (non-hydrogen) atoms. The highest BCUT2D eigenvalue weighted by molar-refractivity contribution is 7.99. The molecule has 11 heteroatoms. The minimum absolute atomic E-state index is 0.0413. The number of carbonyl (C=O) groups is 1. The van der Waals surface area contributed by atoms with E-state index in [1.54, 1.807) is 6.07 Å². The van der Waals surface area contributed by atoms with E-state index in [0.717, 1.165) is 18.4 Å². The Bertz CT molecular complexity index is 1460. The molecule has 1 aliphatic carbocycles. The van der Waals surface area contributed by atoms with E-state index in [0.29, 0.717) is 63.1 Å². The zero-order valence-corrected chi connectivity index (χ0v) is 22.3. The first-order valence-corrected chi connectivity index (χ1v) is 13.6. The van der Waals surface area contributed by atoms with Gasteiger partial charge >= 0.3 is 5.97 Å². The van der Waals surface area contributed by atoms with E-state index >= 15 is 0 Å². The maximum absolute atomic E-state index is 10.7. The first kappa shape index (κ1) is 25.6. The molecule has 2 heterocycles. The molecule has 192 valence electrons. The lowest BCUT2D eigenvalue weighted by atomic mass is 10.2. The number of carboxylic acids is 1. The predicted molar refractivity (Wildman–Crippen MR) is 145 cm³/mol. The number of rotatable bonds is 11. The van der Waals surface area contributed by atoms with Crippen LogP contribution in [0.2, 0.25) is 10.0 Å². The number of fused-ring (bicyclic) bond motifs is 1. The molecule has 1 aliphatic rings. The number of hydrogen-bond acceptors (Lipinski definition) is 7. The van der Waals surface area contributed by atoms with Crippen molar-refractivity contribution in [2.45, 2.75) is 31.9 Å². The van der Waals surface area contributed by atoms with Gasteiger partial charge in [0.05, 0.1) is 23.9 Å². The number of carboxylic acid groups (broad SMARTS) is 1. The number of thioether (sulfide) groups is 1. The van der Waals surface area contributed by atoms with Gasteiger partial charge in [0.2, 0.25) is 5.88 Å². The summed E-state index contributed by atoms with van der Waals surface area (Å²) in [6.45, 7) is 2.89. The van der Waals surface area contributed by atoms with Crippen molar-refractivity contribution in [2.75, 3.05) is 18.1 Å². The molecule has 0 aliphatic heterocycles. The molecule has 0 amide bonds. The summed E-state index contributed by atoms with van der Waals surface area (Å²) in [7, 11) is 0. The monoisotopic (exact) mass is 558 g/mol. The molecule has 4 aromatic rings. The van der Waals surface area contributed by atoms with Gasteiger partial charge in [-0.1, -0.05) is 35.3 Å². The zero-order valence-electron chi connectivity index (χ0n) is 20.0. The lowest BCUT2D eigenvalue weighted by Crippen LogP contribution is -2.13. The van der Waals surface area contributed by atoms with Crippen molar-refractivity contribution in [1.29, 1.82) is 0 Å². The van der Waals surface area contributed by atoms with E-state index < -0.39 is 5.97 Å². The van der Waals surface area contributed by atoms with Crippen molar-refractivity contribution in [3.05, 3.63) is 64.4 Å². The van der Waals surface area contributed by atoms with Crippen LogP contribution in [-0.4, -0.2) is 54.3 Å². The summed E-state index contributed by atoms with van der Waals surface area (Å²) in [4.78, 5) is 24.5. The lowest BCUT2D eigenvalue weighted by molar-refractivity contribution is -0.133. The summed E-state index contributed by atoms with van der Waals surface area (Å²) in [5, 5.41) is 9.86. The van der Waals surface area contributed by atoms with Crippen LogP contribution in [0.15, 0.2) is 48.8 Å². The van der Waals surface area contributed by atoms with E-state index in [4.69, 9.17) is 42.8 Å². The molecular weight excluding hydrogens is 535 g/mol. The van der Waals surface area contributed by atoms with Gasteiger partial charge in [0.15, 0.2) is 11.2 Å². The Morgan fingerprint density at radius 2 is 2.03 bits per heavy atom. The van der Waals surface area contributed by atoms with Gasteiger partial charge in [-0.15, -0.1) is 11.8 Å². The fraction of sp³-hybridized carbons (Fsp3) is 0.308. The van der Waals surface area contributed by atoms with Gasteiger partial charge in [-0.25, -0.2) is 9.97 Å². The number of halogens is 2. The normalized spacial score (nSPS) is 14.0. The molecular formula is C26H24Cl2N4O4S. The van der Waals surface area contributed by atoms with Crippen molar-refractivity contribution in [3.8, 4) is 23.0 Å². The van der Waals surface area contributed by atoms with E-state index in [1.165, 1.54) is 18.1 Å². The summed E-state index contributed by atoms with van der Waals surface area (Å²) in [6, 6.07) is 13.0. The number of nitrogens with zero attached hydrogens (tertiary/aromatic N) is 4. The number of aliphatic carboxylic acids is 1. The second-order valence-electron chi connectivity index (χ2n) is 8.99. The van der Waals surface area contributed by atoms with Gasteiger partial charge in [0.1, 0.15) is 23.5 Å². The summed E-state index contributed by atoms with van der Waals surface area (Å²) >= 11 is 14.3. The summed E-state index contributed by atoms with van der Waals surface area (Å²) in [6.07, 6.45) is 3.43. The van der Waals surface area contributed by atoms with E-state index in [-0.39, 0.29) is 11.4 Å². The van der Waals surface area contributed by atoms with E-state index in [9.17, 15) is 4.79 Å². The third-order valence-electron chi connectivity index (χ3n) is 5.93.